The van der Waals surface area contributed by atoms with Crippen molar-refractivity contribution in [2.75, 3.05) is 82.9 Å². The van der Waals surface area contributed by atoms with Gasteiger partial charge in [-0.1, -0.05) is 4.98 Å². The first-order chi connectivity index (χ1) is 29.6. The zero-order chi connectivity index (χ0) is 44.2. The third-order valence-electron chi connectivity index (χ3n) is 11.2. The van der Waals surface area contributed by atoms with Crippen LogP contribution in [0.2, 0.25) is 0 Å². The maximum Gasteiger partial charge on any atom is 0.434 e. The summed E-state index contributed by atoms with van der Waals surface area (Å²) in [6.45, 7) is 14.1. The number of likely N-dealkylation sites (N-methyl/N-ethyl adjacent to an activating group) is 1. The molecule has 1 aliphatic carbocycles. The predicted octanol–water partition coefficient (Wildman–Crippen LogP) is 4.01. The van der Waals surface area contributed by atoms with Gasteiger partial charge in [0.25, 0.3) is 10.0 Å². The van der Waals surface area contributed by atoms with Crippen LogP contribution in [0.4, 0.5) is 22.5 Å². The van der Waals surface area contributed by atoms with Crippen molar-refractivity contribution in [3.63, 3.8) is 0 Å². The molecule has 0 spiro atoms. The molecule has 4 aromatic heterocycles. The number of rotatable bonds is 14. The summed E-state index contributed by atoms with van der Waals surface area (Å²) in [4.78, 5) is 53.4. The van der Waals surface area contributed by atoms with Crippen molar-refractivity contribution in [1.29, 1.82) is 0 Å². The molecule has 0 aromatic carbocycles. The van der Waals surface area contributed by atoms with Gasteiger partial charge in [0.15, 0.2) is 5.75 Å². The fourth-order valence-electron chi connectivity index (χ4n) is 7.72. The summed E-state index contributed by atoms with van der Waals surface area (Å²) in [5.74, 6) is 1.44. The fourth-order valence-corrected chi connectivity index (χ4v) is 9.15. The first-order valence-electron chi connectivity index (χ1n) is 20.9. The second kappa shape index (κ2) is 18.9. The number of hydrogen-bond acceptors (Lipinski definition) is 18. The number of imidazole rings is 1. The quantitative estimate of drug-likeness (QED) is 0.139. The molecule has 1 atom stereocenters. The lowest BCUT2D eigenvalue weighted by molar-refractivity contribution is -0.396. The van der Waals surface area contributed by atoms with Gasteiger partial charge in [0.05, 0.1) is 43.6 Å². The van der Waals surface area contributed by atoms with Crippen LogP contribution in [-0.4, -0.2) is 153 Å². The first kappa shape index (κ1) is 44.6. The Bertz CT molecular complexity index is 2300. The maximum absolute atomic E-state index is 14.6. The monoisotopic (exact) mass is 880 g/mol. The second-order valence-corrected chi connectivity index (χ2v) is 18.7. The Morgan fingerprint density at radius 1 is 0.984 bits per heavy atom. The SMILES string of the molecule is CC(c1cnc([N+](=O)[O-])n1C)N(C(=O)OC(C)(C)C)S(=O)(=O)c1cnc2cc(N3CCOCC3)nc(OC3CCC(Nc4ncc(OCCN5CCN(C)CC5)cn4)CC3)c2c1. The van der Waals surface area contributed by atoms with Crippen LogP contribution in [0.5, 0.6) is 11.6 Å². The second-order valence-electron chi connectivity index (χ2n) is 16.9. The minimum Gasteiger partial charge on any atom is -0.489 e. The van der Waals surface area contributed by atoms with E-state index in [-0.39, 0.29) is 28.6 Å². The van der Waals surface area contributed by atoms with Crippen molar-refractivity contribution in [1.82, 2.24) is 43.6 Å². The van der Waals surface area contributed by atoms with E-state index < -0.39 is 38.6 Å². The smallest absolute Gasteiger partial charge is 0.434 e. The molecule has 0 radical (unpaired) electrons. The molecule has 21 nitrogen and oxygen atoms in total. The van der Waals surface area contributed by atoms with Crippen LogP contribution in [-0.2, 0) is 26.5 Å². The van der Waals surface area contributed by atoms with Crippen LogP contribution in [0.15, 0.2) is 41.8 Å². The van der Waals surface area contributed by atoms with Crippen LogP contribution >= 0.6 is 0 Å². The molecule has 4 aromatic rings. The molecule has 0 bridgehead atoms. The minimum atomic E-state index is -4.73. The molecule has 7 rings (SSSR count). The van der Waals surface area contributed by atoms with Gasteiger partial charge in [-0.15, -0.1) is 0 Å². The number of aromatic nitrogens is 6. The lowest BCUT2D eigenvalue weighted by atomic mass is 9.93. The van der Waals surface area contributed by atoms with E-state index in [2.05, 4.69) is 47.0 Å². The molecule has 1 amide bonds. The number of nitrogens with zero attached hydrogens (tertiary/aromatic N) is 11. The van der Waals surface area contributed by atoms with Gasteiger partial charge < -0.3 is 44.2 Å². The van der Waals surface area contributed by atoms with E-state index in [1.807, 2.05) is 0 Å². The highest BCUT2D eigenvalue weighted by molar-refractivity contribution is 7.89. The van der Waals surface area contributed by atoms with Crippen LogP contribution in [0.3, 0.4) is 0 Å². The standard InChI is InChI=1S/C40H56N12O9S/c1-27(34-26-44-38(48(34)6)52(54)55)51(39(53)61-40(2,3)4)62(56,57)31-21-32-33(41-25-31)22-35(50-16-18-58-19-17-50)46-36(32)60-29-9-7-28(8-10-29)45-37-42-23-30(24-43-37)59-20-15-49-13-11-47(5)12-14-49/h21-29H,7-20H2,1-6H3,(H,42,43,45). The van der Waals surface area contributed by atoms with Crippen molar-refractivity contribution < 1.29 is 37.1 Å². The largest absolute Gasteiger partial charge is 0.489 e. The van der Waals surface area contributed by atoms with E-state index in [0.29, 0.717) is 78.5 Å². The predicted molar refractivity (Wildman–Crippen MR) is 228 cm³/mol. The minimum absolute atomic E-state index is 0.0931. The molecule has 62 heavy (non-hydrogen) atoms. The number of hydrogen-bond donors (Lipinski definition) is 1. The van der Waals surface area contributed by atoms with E-state index in [9.17, 15) is 23.3 Å². The number of nitro groups is 1. The lowest BCUT2D eigenvalue weighted by Gasteiger charge is -2.32. The van der Waals surface area contributed by atoms with E-state index in [4.69, 9.17) is 23.9 Å². The number of anilines is 2. The number of morpholine rings is 1. The number of fused-ring (bicyclic) bond motifs is 1. The van der Waals surface area contributed by atoms with Crippen molar-refractivity contribution in [3.05, 3.63) is 52.7 Å². The van der Waals surface area contributed by atoms with Gasteiger partial charge in [-0.2, -0.15) is 9.29 Å². The molecular formula is C40H56N12O9S. The molecule has 3 fully saturated rings. The third-order valence-corrected chi connectivity index (χ3v) is 13.0. The molecule has 3 aliphatic rings. The van der Waals surface area contributed by atoms with Gasteiger partial charge in [0, 0.05) is 64.1 Å². The van der Waals surface area contributed by atoms with Crippen LogP contribution in [0.1, 0.15) is 65.1 Å². The number of ether oxygens (including phenoxy) is 4. The zero-order valence-corrected chi connectivity index (χ0v) is 36.9. The third kappa shape index (κ3) is 10.6. The summed E-state index contributed by atoms with van der Waals surface area (Å²) in [5.41, 5.74) is -0.541. The molecule has 2 aliphatic heterocycles. The number of piperazine rings is 1. The Balaban J connectivity index is 1.08. The number of pyridine rings is 2. The molecule has 2 saturated heterocycles. The average molecular weight is 881 g/mol. The van der Waals surface area contributed by atoms with E-state index in [0.717, 1.165) is 56.3 Å². The van der Waals surface area contributed by atoms with E-state index in [1.54, 1.807) is 39.2 Å². The highest BCUT2D eigenvalue weighted by Gasteiger charge is 2.41. The van der Waals surface area contributed by atoms with E-state index in [1.165, 1.54) is 26.2 Å². The van der Waals surface area contributed by atoms with Gasteiger partial charge in [0.1, 0.15) is 47.0 Å². The Kier molecular flexibility index (Phi) is 13.6. The van der Waals surface area contributed by atoms with Gasteiger partial charge in [-0.3, -0.25) is 9.88 Å². The van der Waals surface area contributed by atoms with Crippen molar-refractivity contribution in [2.45, 2.75) is 82.1 Å². The van der Waals surface area contributed by atoms with Gasteiger partial charge >= 0.3 is 12.0 Å². The van der Waals surface area contributed by atoms with E-state index >= 15 is 0 Å². The summed E-state index contributed by atoms with van der Waals surface area (Å²) in [6, 6.07) is 2.00. The Morgan fingerprint density at radius 2 is 1.68 bits per heavy atom. The summed E-state index contributed by atoms with van der Waals surface area (Å²) < 4.78 is 54.6. The zero-order valence-electron chi connectivity index (χ0n) is 36.1. The first-order valence-corrected chi connectivity index (χ1v) is 22.4. The average Bonchev–Trinajstić information content (AvgIpc) is 3.63. The number of amides is 1. The number of carbonyl (C=O) groups excluding carboxylic acids is 1. The highest BCUT2D eigenvalue weighted by atomic mass is 32.2. The Morgan fingerprint density at radius 3 is 2.32 bits per heavy atom. The number of carbonyl (C=O) groups is 1. The van der Waals surface area contributed by atoms with Crippen LogP contribution in [0.25, 0.3) is 10.9 Å². The molecule has 336 valence electrons. The Hall–Kier alpha value is -5.45. The van der Waals surface area contributed by atoms with Crippen molar-refractivity contribution >= 4 is 44.7 Å². The normalized spacial score (nSPS) is 19.8. The van der Waals surface area contributed by atoms with Crippen molar-refractivity contribution in [3.8, 4) is 11.6 Å². The molecule has 6 heterocycles. The van der Waals surface area contributed by atoms with Gasteiger partial charge in [-0.05, 0) is 71.4 Å². The fraction of sp³-hybridized carbons (Fsp3) is 0.600. The molecule has 1 N–H and O–H groups in total. The summed E-state index contributed by atoms with van der Waals surface area (Å²) in [5, 5.41) is 15.4. The number of sulfonamides is 1. The highest BCUT2D eigenvalue weighted by Crippen LogP contribution is 2.36. The molecule has 22 heteroatoms. The van der Waals surface area contributed by atoms with Crippen molar-refractivity contribution in [2.24, 2.45) is 7.05 Å². The molecule has 1 unspecified atom stereocenters. The van der Waals surface area contributed by atoms with Gasteiger partial charge in [-0.25, -0.2) is 27.7 Å². The Labute approximate surface area is 360 Å². The molecular weight excluding hydrogens is 825 g/mol. The topological polar surface area (TPSA) is 226 Å². The maximum atomic E-state index is 14.6. The summed E-state index contributed by atoms with van der Waals surface area (Å²) in [6.07, 6.45) is 7.13. The van der Waals surface area contributed by atoms with Crippen LogP contribution in [0, 0.1) is 10.1 Å². The summed E-state index contributed by atoms with van der Waals surface area (Å²) >= 11 is 0. The van der Waals surface area contributed by atoms with Gasteiger partial charge in [0.2, 0.25) is 11.8 Å². The molecule has 1 saturated carbocycles. The van der Waals surface area contributed by atoms with Crippen LogP contribution < -0.4 is 19.7 Å². The summed E-state index contributed by atoms with van der Waals surface area (Å²) in [7, 11) is -1.22. The number of nitrogens with one attached hydrogen (secondary N) is 1. The lowest BCUT2D eigenvalue weighted by Crippen LogP contribution is -2.45.